The minimum Gasteiger partial charge on any atom is -0.381 e. The fourth-order valence-corrected chi connectivity index (χ4v) is 5.28. The zero-order valence-corrected chi connectivity index (χ0v) is 16.5. The van der Waals surface area contributed by atoms with E-state index in [4.69, 9.17) is 5.73 Å². The molecule has 27 heavy (non-hydrogen) atoms. The molecule has 0 aliphatic carbocycles. The Morgan fingerprint density at radius 3 is 2.44 bits per heavy atom. The molecule has 4 N–H and O–H groups in total. The Morgan fingerprint density at radius 2 is 1.93 bits per heavy atom. The van der Waals surface area contributed by atoms with Crippen molar-refractivity contribution in [2.24, 2.45) is 5.73 Å². The van der Waals surface area contributed by atoms with Gasteiger partial charge in [0.2, 0.25) is 9.84 Å². The number of halogens is 1. The maximum atomic E-state index is 13.6. The van der Waals surface area contributed by atoms with Crippen LogP contribution in [0.3, 0.4) is 0 Å². The first-order valence-electron chi connectivity index (χ1n) is 7.89. The predicted octanol–water partition coefficient (Wildman–Crippen LogP) is 2.09. The van der Waals surface area contributed by atoms with E-state index < -0.39 is 33.1 Å². The molecule has 1 aromatic carbocycles. The minimum absolute atomic E-state index is 0.109. The SMILES string of the molecule is CCc1ccc(F)cc1S(=O)(=O)c1cc(C(N)=O)c(NC(=O)C(C)(C)O)s1. The van der Waals surface area contributed by atoms with Gasteiger partial charge in [0.15, 0.2) is 0 Å². The molecule has 0 aliphatic rings. The second-order valence-corrected chi connectivity index (χ2v) is 9.49. The highest BCUT2D eigenvalue weighted by Crippen LogP contribution is 2.36. The summed E-state index contributed by atoms with van der Waals surface area (Å²) < 4.78 is 39.3. The van der Waals surface area contributed by atoms with E-state index in [1.54, 1.807) is 6.92 Å². The molecule has 0 radical (unpaired) electrons. The Hall–Kier alpha value is -2.30. The van der Waals surface area contributed by atoms with Crippen LogP contribution in [-0.4, -0.2) is 30.9 Å². The van der Waals surface area contributed by atoms with E-state index in [1.165, 1.54) is 19.9 Å². The van der Waals surface area contributed by atoms with Gasteiger partial charge in [-0.1, -0.05) is 13.0 Å². The Morgan fingerprint density at radius 1 is 1.30 bits per heavy atom. The molecule has 10 heteroatoms. The van der Waals surface area contributed by atoms with Gasteiger partial charge in [-0.05, 0) is 44.0 Å². The summed E-state index contributed by atoms with van der Waals surface area (Å²) in [6, 6.07) is 4.48. The highest BCUT2D eigenvalue weighted by Gasteiger charge is 2.30. The number of carbonyl (C=O) groups excluding carboxylic acids is 2. The summed E-state index contributed by atoms with van der Waals surface area (Å²) in [5.41, 5.74) is 3.71. The smallest absolute Gasteiger partial charge is 0.256 e. The van der Waals surface area contributed by atoms with Gasteiger partial charge in [-0.15, -0.1) is 11.3 Å². The number of aliphatic hydroxyl groups is 1. The van der Waals surface area contributed by atoms with Gasteiger partial charge in [0, 0.05) is 0 Å². The van der Waals surface area contributed by atoms with Crippen LogP contribution in [-0.2, 0) is 21.1 Å². The lowest BCUT2D eigenvalue weighted by atomic mass is 10.1. The first kappa shape index (κ1) is 21.0. The average molecular weight is 414 g/mol. The summed E-state index contributed by atoms with van der Waals surface area (Å²) in [4.78, 5) is 23.4. The number of benzene rings is 1. The topological polar surface area (TPSA) is 127 Å². The fraction of sp³-hybridized carbons (Fsp3) is 0.294. The molecule has 2 rings (SSSR count). The highest BCUT2D eigenvalue weighted by molar-refractivity contribution is 7.93. The number of thiophene rings is 1. The summed E-state index contributed by atoms with van der Waals surface area (Å²) in [6.45, 7) is 4.19. The molecule has 0 unspecified atom stereocenters. The molecule has 2 aromatic rings. The number of sulfone groups is 1. The standard InChI is InChI=1S/C17H19FN2O5S2/c1-4-9-5-6-10(18)7-12(9)27(24,25)13-8-11(14(19)21)15(26-13)20-16(22)17(2,3)23/h5-8,23H,4H2,1-3H3,(H2,19,21)(H,20,22). The molecule has 1 aromatic heterocycles. The van der Waals surface area contributed by atoms with Crippen LogP contribution in [0.15, 0.2) is 33.4 Å². The van der Waals surface area contributed by atoms with Gasteiger partial charge in [0.05, 0.1) is 10.5 Å². The molecule has 7 nitrogen and oxygen atoms in total. The van der Waals surface area contributed by atoms with Crippen molar-refractivity contribution in [1.82, 2.24) is 0 Å². The van der Waals surface area contributed by atoms with Crippen LogP contribution < -0.4 is 11.1 Å². The lowest BCUT2D eigenvalue weighted by Gasteiger charge is -2.16. The first-order valence-corrected chi connectivity index (χ1v) is 10.2. The number of nitrogens with two attached hydrogens (primary N) is 1. The molecule has 146 valence electrons. The number of primary amides is 1. The van der Waals surface area contributed by atoms with Crippen molar-refractivity contribution in [2.75, 3.05) is 5.32 Å². The summed E-state index contributed by atoms with van der Waals surface area (Å²) in [6.07, 6.45) is 0.352. The van der Waals surface area contributed by atoms with E-state index in [0.29, 0.717) is 23.3 Å². The molecule has 2 amide bonds. The zero-order chi connectivity index (χ0) is 20.6. The Kier molecular flexibility index (Phi) is 5.74. The molecule has 0 spiro atoms. The lowest BCUT2D eigenvalue weighted by Crippen LogP contribution is -2.36. The zero-order valence-electron chi connectivity index (χ0n) is 14.9. The van der Waals surface area contributed by atoms with Gasteiger partial charge in [-0.2, -0.15) is 0 Å². The van der Waals surface area contributed by atoms with Crippen molar-refractivity contribution in [3.05, 3.63) is 41.2 Å². The predicted molar refractivity (Wildman–Crippen MR) is 99.0 cm³/mol. The maximum absolute atomic E-state index is 13.6. The second kappa shape index (κ2) is 7.37. The molecule has 0 atom stereocenters. The van der Waals surface area contributed by atoms with Crippen molar-refractivity contribution in [2.45, 2.75) is 41.9 Å². The van der Waals surface area contributed by atoms with Crippen molar-refractivity contribution >= 4 is 38.0 Å². The summed E-state index contributed by atoms with van der Waals surface area (Å²) in [5.74, 6) is -2.50. The number of nitrogens with one attached hydrogen (secondary N) is 1. The van der Waals surface area contributed by atoms with E-state index in [1.807, 2.05) is 0 Å². The largest absolute Gasteiger partial charge is 0.381 e. The average Bonchev–Trinajstić information content (AvgIpc) is 2.98. The summed E-state index contributed by atoms with van der Waals surface area (Å²) in [5, 5.41) is 11.9. The molecule has 0 bridgehead atoms. The van der Waals surface area contributed by atoms with E-state index in [0.717, 1.165) is 18.2 Å². The number of hydrogen-bond acceptors (Lipinski definition) is 6. The molecule has 0 saturated carbocycles. The quantitative estimate of drug-likeness (QED) is 0.667. The van der Waals surface area contributed by atoms with Crippen molar-refractivity contribution in [3.63, 3.8) is 0 Å². The Labute approximate surface area is 159 Å². The summed E-state index contributed by atoms with van der Waals surface area (Å²) in [7, 11) is -4.15. The van der Waals surface area contributed by atoms with Crippen LogP contribution in [0.4, 0.5) is 9.39 Å². The van der Waals surface area contributed by atoms with E-state index in [2.05, 4.69) is 5.32 Å². The van der Waals surface area contributed by atoms with Crippen LogP contribution in [0.1, 0.15) is 36.7 Å². The normalized spacial score (nSPS) is 12.0. The van der Waals surface area contributed by atoms with Crippen molar-refractivity contribution in [3.8, 4) is 0 Å². The molecule has 0 saturated heterocycles. The third-order valence-corrected chi connectivity index (χ3v) is 7.08. The Bertz CT molecular complexity index is 1010. The molecular formula is C17H19FN2O5S2. The molecule has 0 fully saturated rings. The number of rotatable bonds is 6. The fourth-order valence-electron chi connectivity index (χ4n) is 2.21. The highest BCUT2D eigenvalue weighted by atomic mass is 32.2. The third kappa shape index (κ3) is 4.34. The van der Waals surface area contributed by atoms with Gasteiger partial charge in [0.25, 0.3) is 11.8 Å². The first-order chi connectivity index (χ1) is 12.4. The van der Waals surface area contributed by atoms with Crippen LogP contribution in [0.25, 0.3) is 0 Å². The summed E-state index contributed by atoms with van der Waals surface area (Å²) >= 11 is 0.605. The van der Waals surface area contributed by atoms with E-state index >= 15 is 0 Å². The van der Waals surface area contributed by atoms with Crippen LogP contribution >= 0.6 is 11.3 Å². The lowest BCUT2D eigenvalue weighted by molar-refractivity contribution is -0.130. The van der Waals surface area contributed by atoms with Gasteiger partial charge >= 0.3 is 0 Å². The van der Waals surface area contributed by atoms with Crippen molar-refractivity contribution < 1.29 is 27.5 Å². The van der Waals surface area contributed by atoms with Crippen LogP contribution in [0.2, 0.25) is 0 Å². The number of amides is 2. The Balaban J connectivity index is 2.59. The van der Waals surface area contributed by atoms with Gasteiger partial charge in [-0.3, -0.25) is 9.59 Å². The van der Waals surface area contributed by atoms with Crippen molar-refractivity contribution in [1.29, 1.82) is 0 Å². The van der Waals surface area contributed by atoms with Gasteiger partial charge < -0.3 is 16.2 Å². The third-order valence-electron chi connectivity index (χ3n) is 3.72. The van der Waals surface area contributed by atoms with E-state index in [9.17, 15) is 27.5 Å². The molecule has 0 aliphatic heterocycles. The number of anilines is 1. The maximum Gasteiger partial charge on any atom is 0.256 e. The van der Waals surface area contributed by atoms with Crippen LogP contribution in [0, 0.1) is 5.82 Å². The number of aryl methyl sites for hydroxylation is 1. The molecule has 1 heterocycles. The molecular weight excluding hydrogens is 395 g/mol. The monoisotopic (exact) mass is 414 g/mol. The van der Waals surface area contributed by atoms with E-state index in [-0.39, 0.29) is 19.7 Å². The minimum atomic E-state index is -4.15. The number of hydrogen-bond donors (Lipinski definition) is 3. The van der Waals surface area contributed by atoms with Gasteiger partial charge in [-0.25, -0.2) is 12.8 Å². The van der Waals surface area contributed by atoms with Crippen LogP contribution in [0.5, 0.6) is 0 Å². The van der Waals surface area contributed by atoms with Gasteiger partial charge in [0.1, 0.15) is 20.6 Å². The second-order valence-electron chi connectivity index (χ2n) is 6.29. The number of carbonyl (C=O) groups is 2.